The molecule has 5 heteroatoms. The zero-order valence-corrected chi connectivity index (χ0v) is 11.5. The first-order chi connectivity index (χ1) is 9.06. The molecule has 0 saturated heterocycles. The summed E-state index contributed by atoms with van der Waals surface area (Å²) in [5.41, 5.74) is 1.40. The summed E-state index contributed by atoms with van der Waals surface area (Å²) in [7, 11) is 0. The van der Waals surface area contributed by atoms with E-state index in [-0.39, 0.29) is 5.82 Å². The maximum absolute atomic E-state index is 13.1. The Kier molecular flexibility index (Phi) is 4.61. The molecule has 0 bridgehead atoms. The second-order valence-electron chi connectivity index (χ2n) is 4.09. The standard InChI is InChI=1S/C14H11BrF3N/c15-12-3-2-11(16)6-10(12)8-19-7-9-1-4-13(17)14(18)5-9/h1-6,19H,7-8H2. The van der Waals surface area contributed by atoms with Crippen LogP contribution in [0.1, 0.15) is 11.1 Å². The van der Waals surface area contributed by atoms with Crippen LogP contribution in [0.3, 0.4) is 0 Å². The molecule has 0 saturated carbocycles. The van der Waals surface area contributed by atoms with Gasteiger partial charge in [-0.15, -0.1) is 0 Å². The van der Waals surface area contributed by atoms with Crippen LogP contribution in [0.4, 0.5) is 13.2 Å². The Hall–Kier alpha value is -1.33. The molecule has 2 aromatic rings. The summed E-state index contributed by atoms with van der Waals surface area (Å²) >= 11 is 3.32. The van der Waals surface area contributed by atoms with Crippen molar-refractivity contribution in [2.24, 2.45) is 0 Å². The molecule has 2 aromatic carbocycles. The van der Waals surface area contributed by atoms with Gasteiger partial charge in [-0.25, -0.2) is 13.2 Å². The summed E-state index contributed by atoms with van der Waals surface area (Å²) < 4.78 is 39.6. The van der Waals surface area contributed by atoms with Crippen molar-refractivity contribution in [2.75, 3.05) is 0 Å². The highest BCUT2D eigenvalue weighted by Crippen LogP contribution is 2.17. The van der Waals surface area contributed by atoms with E-state index in [9.17, 15) is 13.2 Å². The summed E-state index contributed by atoms with van der Waals surface area (Å²) in [6.45, 7) is 0.803. The average molecular weight is 330 g/mol. The first-order valence-electron chi connectivity index (χ1n) is 5.65. The summed E-state index contributed by atoms with van der Waals surface area (Å²) in [6.07, 6.45) is 0. The first kappa shape index (κ1) is 14.1. The normalized spacial score (nSPS) is 10.7. The molecular weight excluding hydrogens is 319 g/mol. The molecule has 0 radical (unpaired) electrons. The SMILES string of the molecule is Fc1ccc(Br)c(CNCc2ccc(F)c(F)c2)c1. The summed E-state index contributed by atoms with van der Waals surface area (Å²) in [4.78, 5) is 0. The van der Waals surface area contributed by atoms with E-state index < -0.39 is 11.6 Å². The summed E-state index contributed by atoms with van der Waals surface area (Å²) in [5.74, 6) is -2.05. The maximum atomic E-state index is 13.1. The molecule has 0 aromatic heterocycles. The van der Waals surface area contributed by atoms with Gasteiger partial charge < -0.3 is 5.32 Å². The lowest BCUT2D eigenvalue weighted by molar-refractivity contribution is 0.506. The van der Waals surface area contributed by atoms with Crippen LogP contribution in [0.2, 0.25) is 0 Å². The van der Waals surface area contributed by atoms with Crippen LogP contribution in [0.25, 0.3) is 0 Å². The van der Waals surface area contributed by atoms with E-state index in [1.54, 1.807) is 6.07 Å². The quantitative estimate of drug-likeness (QED) is 0.888. The van der Waals surface area contributed by atoms with Crippen molar-refractivity contribution >= 4 is 15.9 Å². The molecular formula is C14H11BrF3N. The molecule has 0 aliphatic rings. The Labute approximate surface area is 117 Å². The maximum Gasteiger partial charge on any atom is 0.159 e. The Balaban J connectivity index is 1.96. The topological polar surface area (TPSA) is 12.0 Å². The second kappa shape index (κ2) is 6.21. The van der Waals surface area contributed by atoms with Crippen LogP contribution in [0, 0.1) is 17.5 Å². The van der Waals surface area contributed by atoms with Gasteiger partial charge >= 0.3 is 0 Å². The van der Waals surface area contributed by atoms with E-state index in [1.807, 2.05) is 0 Å². The molecule has 0 atom stereocenters. The van der Waals surface area contributed by atoms with Crippen molar-refractivity contribution in [2.45, 2.75) is 13.1 Å². The predicted molar refractivity (Wildman–Crippen MR) is 71.0 cm³/mol. The first-order valence-corrected chi connectivity index (χ1v) is 6.44. The number of rotatable bonds is 4. The van der Waals surface area contributed by atoms with Crippen molar-refractivity contribution in [3.05, 3.63) is 69.4 Å². The molecule has 0 fully saturated rings. The molecule has 0 spiro atoms. The van der Waals surface area contributed by atoms with Crippen molar-refractivity contribution in [1.29, 1.82) is 0 Å². The summed E-state index contributed by atoms with van der Waals surface area (Å²) in [6, 6.07) is 8.15. The van der Waals surface area contributed by atoms with Gasteiger partial charge in [0.1, 0.15) is 5.82 Å². The van der Waals surface area contributed by atoms with Crippen molar-refractivity contribution in [1.82, 2.24) is 5.32 Å². The van der Waals surface area contributed by atoms with E-state index >= 15 is 0 Å². The van der Waals surface area contributed by atoms with Crippen LogP contribution in [-0.4, -0.2) is 0 Å². The molecule has 0 heterocycles. The third-order valence-corrected chi connectivity index (χ3v) is 3.41. The van der Waals surface area contributed by atoms with Gasteiger partial charge in [0.15, 0.2) is 11.6 Å². The zero-order valence-electron chi connectivity index (χ0n) is 9.89. The van der Waals surface area contributed by atoms with Crippen LogP contribution in [0.15, 0.2) is 40.9 Å². The highest BCUT2D eigenvalue weighted by molar-refractivity contribution is 9.10. The van der Waals surface area contributed by atoms with Gasteiger partial charge in [0.25, 0.3) is 0 Å². The minimum atomic E-state index is -0.869. The molecule has 0 aliphatic carbocycles. The molecule has 19 heavy (non-hydrogen) atoms. The van der Waals surface area contributed by atoms with E-state index in [0.29, 0.717) is 18.7 Å². The zero-order chi connectivity index (χ0) is 13.8. The van der Waals surface area contributed by atoms with Crippen LogP contribution >= 0.6 is 15.9 Å². The third-order valence-electron chi connectivity index (χ3n) is 2.64. The lowest BCUT2D eigenvalue weighted by atomic mass is 10.2. The number of halogens is 4. The Morgan fingerprint density at radius 2 is 1.68 bits per heavy atom. The molecule has 1 N–H and O–H groups in total. The number of hydrogen-bond acceptors (Lipinski definition) is 1. The lowest BCUT2D eigenvalue weighted by Crippen LogP contribution is -2.13. The van der Waals surface area contributed by atoms with Gasteiger partial charge in [0.05, 0.1) is 0 Å². The second-order valence-corrected chi connectivity index (χ2v) is 4.94. The monoisotopic (exact) mass is 329 g/mol. The molecule has 2 rings (SSSR count). The third kappa shape index (κ3) is 3.81. The fourth-order valence-corrected chi connectivity index (χ4v) is 2.06. The van der Waals surface area contributed by atoms with E-state index in [4.69, 9.17) is 0 Å². The molecule has 0 aliphatic heterocycles. The average Bonchev–Trinajstić information content (AvgIpc) is 2.38. The van der Waals surface area contributed by atoms with Crippen LogP contribution < -0.4 is 5.32 Å². The van der Waals surface area contributed by atoms with Crippen molar-refractivity contribution in [3.63, 3.8) is 0 Å². The highest BCUT2D eigenvalue weighted by Gasteiger charge is 2.04. The van der Waals surface area contributed by atoms with Crippen LogP contribution in [-0.2, 0) is 13.1 Å². The van der Waals surface area contributed by atoms with Gasteiger partial charge in [0, 0.05) is 17.6 Å². The number of hydrogen-bond donors (Lipinski definition) is 1. The number of nitrogens with one attached hydrogen (secondary N) is 1. The smallest absolute Gasteiger partial charge is 0.159 e. The molecule has 100 valence electrons. The van der Waals surface area contributed by atoms with Crippen molar-refractivity contribution < 1.29 is 13.2 Å². The number of benzene rings is 2. The van der Waals surface area contributed by atoms with Gasteiger partial charge in [-0.2, -0.15) is 0 Å². The van der Waals surface area contributed by atoms with Gasteiger partial charge in [0.2, 0.25) is 0 Å². The molecule has 1 nitrogen and oxygen atoms in total. The van der Waals surface area contributed by atoms with E-state index in [1.165, 1.54) is 18.2 Å². The van der Waals surface area contributed by atoms with E-state index in [2.05, 4.69) is 21.2 Å². The lowest BCUT2D eigenvalue weighted by Gasteiger charge is -2.07. The van der Waals surface area contributed by atoms with E-state index in [0.717, 1.165) is 22.2 Å². The van der Waals surface area contributed by atoms with Crippen LogP contribution in [0.5, 0.6) is 0 Å². The van der Waals surface area contributed by atoms with Crippen molar-refractivity contribution in [3.8, 4) is 0 Å². The Bertz CT molecular complexity index is 587. The molecule has 0 unspecified atom stereocenters. The van der Waals surface area contributed by atoms with Gasteiger partial charge in [-0.1, -0.05) is 22.0 Å². The Morgan fingerprint density at radius 3 is 2.42 bits per heavy atom. The fraction of sp³-hybridized carbons (Fsp3) is 0.143. The Morgan fingerprint density at radius 1 is 0.895 bits per heavy atom. The van der Waals surface area contributed by atoms with Gasteiger partial charge in [-0.05, 0) is 41.5 Å². The highest BCUT2D eigenvalue weighted by atomic mass is 79.9. The largest absolute Gasteiger partial charge is 0.309 e. The van der Waals surface area contributed by atoms with Gasteiger partial charge in [-0.3, -0.25) is 0 Å². The summed E-state index contributed by atoms with van der Waals surface area (Å²) in [5, 5.41) is 3.05. The predicted octanol–water partition coefficient (Wildman–Crippen LogP) is 4.16. The fourth-order valence-electron chi connectivity index (χ4n) is 1.67. The minimum absolute atomic E-state index is 0.312. The minimum Gasteiger partial charge on any atom is -0.309 e. The molecule has 0 amide bonds.